The third kappa shape index (κ3) is 11.1. The molecule has 2 aromatic carbocycles. The van der Waals surface area contributed by atoms with Crippen molar-refractivity contribution in [3.05, 3.63) is 75.4 Å². The Labute approximate surface area is 384 Å². The molecule has 18 heteroatoms. The number of H-pyrrole nitrogens is 1. The smallest absolute Gasteiger partial charge is 0.264 e. The van der Waals surface area contributed by atoms with E-state index in [4.69, 9.17) is 0 Å². The van der Waals surface area contributed by atoms with E-state index in [9.17, 15) is 32.8 Å². The second-order valence-corrected chi connectivity index (χ2v) is 18.2. The van der Waals surface area contributed by atoms with E-state index in [-0.39, 0.29) is 35.1 Å². The molecule has 1 saturated carbocycles. The molecule has 5 aliphatic rings. The standard InChI is InChI=1S/C26H37FN4O4.C22H26F2N6O/c1-19(8-9-25(34)28-18-33)29(2)26(35)22-15-23(27)24(14-21(22)17-32)31-12-10-30(11-13-31)16-20-6-4-3-5-7-20;1-13(31)29-7-5-19-18(12-29)22(27-26-19)30-6-3-4-14-8-16(15-10-25-28(2)11-15)17(21(23)24)9-20(14)30/h14-15,17-20H,3-13,16H2,1-2H3,(H,28,33,34);8-9,11,21,25H,3-7,10,12H2,1-2H3,(H,26,27). The molecule has 8 rings (SSSR count). The average Bonchev–Trinajstić information content (AvgIpc) is 3.96. The Balaban J connectivity index is 0.000000197. The van der Waals surface area contributed by atoms with E-state index in [1.165, 1.54) is 43.1 Å². The Kier molecular flexibility index (Phi) is 15.8. The van der Waals surface area contributed by atoms with Crippen LogP contribution in [0.3, 0.4) is 0 Å². The zero-order valence-electron chi connectivity index (χ0n) is 38.5. The quantitative estimate of drug-likeness (QED) is 0.173. The molecule has 0 spiro atoms. The lowest BCUT2D eigenvalue weighted by atomic mass is 9.89. The number of nitrogens with zero attached hydrogens (tertiary/aromatic N) is 7. The van der Waals surface area contributed by atoms with Gasteiger partial charge in [-0.1, -0.05) is 19.3 Å². The van der Waals surface area contributed by atoms with E-state index < -0.39 is 24.1 Å². The zero-order chi connectivity index (χ0) is 47.1. The minimum atomic E-state index is -2.57. The average molecular weight is 917 g/mol. The molecule has 1 atom stereocenters. The highest BCUT2D eigenvalue weighted by atomic mass is 19.3. The molecular weight excluding hydrogens is 854 g/mol. The molecule has 1 saturated heterocycles. The summed E-state index contributed by atoms with van der Waals surface area (Å²) >= 11 is 0. The van der Waals surface area contributed by atoms with Gasteiger partial charge in [0.15, 0.2) is 12.1 Å². The van der Waals surface area contributed by atoms with Crippen molar-refractivity contribution in [1.29, 1.82) is 0 Å². The number of nitrogens with one attached hydrogen (secondary N) is 3. The highest BCUT2D eigenvalue weighted by Gasteiger charge is 2.32. The molecule has 0 radical (unpaired) electrons. The van der Waals surface area contributed by atoms with E-state index >= 15 is 4.39 Å². The number of benzene rings is 2. The van der Waals surface area contributed by atoms with Crippen LogP contribution in [0.2, 0.25) is 0 Å². The van der Waals surface area contributed by atoms with E-state index in [0.717, 1.165) is 84.8 Å². The topological polar surface area (TPSA) is 158 Å². The van der Waals surface area contributed by atoms with Crippen LogP contribution in [0.1, 0.15) is 120 Å². The number of aromatic nitrogens is 2. The number of aryl methyl sites for hydroxylation is 1. The van der Waals surface area contributed by atoms with E-state index in [1.54, 1.807) is 36.9 Å². The molecule has 5 heterocycles. The first kappa shape index (κ1) is 48.2. The lowest BCUT2D eigenvalue weighted by Gasteiger charge is -2.38. The van der Waals surface area contributed by atoms with Crippen molar-refractivity contribution >= 4 is 53.2 Å². The highest BCUT2D eigenvalue weighted by molar-refractivity contribution is 6.02. The Morgan fingerprint density at radius 3 is 2.39 bits per heavy atom. The number of carbonyl (C=O) groups excluding carboxylic acids is 5. The number of piperazine rings is 1. The maximum atomic E-state index is 15.2. The van der Waals surface area contributed by atoms with E-state index in [1.807, 2.05) is 29.1 Å². The predicted octanol–water partition coefficient (Wildman–Crippen LogP) is 5.98. The van der Waals surface area contributed by atoms with Crippen molar-refractivity contribution < 1.29 is 37.1 Å². The molecule has 4 aliphatic heterocycles. The summed E-state index contributed by atoms with van der Waals surface area (Å²) < 4.78 is 43.3. The van der Waals surface area contributed by atoms with Crippen LogP contribution in [0.15, 0.2) is 30.5 Å². The van der Waals surface area contributed by atoms with Crippen LogP contribution in [0.5, 0.6) is 0 Å². The number of alkyl halides is 2. The summed E-state index contributed by atoms with van der Waals surface area (Å²) in [5, 5.41) is 11.5. The molecule has 3 N–H and O–H groups in total. The molecule has 1 aromatic heterocycles. The molecular formula is C48H63F3N10O5. The largest absolute Gasteiger partial charge is 0.367 e. The third-order valence-corrected chi connectivity index (χ3v) is 13.9. The summed E-state index contributed by atoms with van der Waals surface area (Å²) in [4.78, 5) is 68.3. The summed E-state index contributed by atoms with van der Waals surface area (Å²) in [6.07, 6.45) is 9.64. The fourth-order valence-corrected chi connectivity index (χ4v) is 9.87. The van der Waals surface area contributed by atoms with Crippen molar-refractivity contribution in [2.45, 2.75) is 97.1 Å². The number of fused-ring (bicyclic) bond motifs is 2. The Hall–Kier alpha value is -5.75. The van der Waals surface area contributed by atoms with Crippen molar-refractivity contribution in [3.63, 3.8) is 0 Å². The number of amides is 4. The summed E-state index contributed by atoms with van der Waals surface area (Å²) in [5.41, 5.74) is 9.01. The highest BCUT2D eigenvalue weighted by Crippen LogP contribution is 2.42. The lowest BCUT2D eigenvalue weighted by Crippen LogP contribution is -2.48. The number of halogens is 3. The van der Waals surface area contributed by atoms with Crippen LogP contribution in [0.4, 0.5) is 30.4 Å². The summed E-state index contributed by atoms with van der Waals surface area (Å²) in [6.45, 7) is 9.88. The van der Waals surface area contributed by atoms with Crippen LogP contribution in [-0.2, 0) is 33.8 Å². The number of hydrazine groups is 1. The Bertz CT molecular complexity index is 2290. The van der Waals surface area contributed by atoms with Gasteiger partial charge in [-0.3, -0.25) is 39.3 Å². The van der Waals surface area contributed by atoms with Crippen LogP contribution in [0, 0.1) is 11.7 Å². The van der Waals surface area contributed by atoms with E-state index in [2.05, 4.69) is 25.8 Å². The summed E-state index contributed by atoms with van der Waals surface area (Å²) in [6, 6.07) is 5.84. The maximum absolute atomic E-state index is 15.2. The van der Waals surface area contributed by atoms with Gasteiger partial charge in [-0.05, 0) is 85.9 Å². The number of hydrogen-bond donors (Lipinski definition) is 3. The van der Waals surface area contributed by atoms with Gasteiger partial charge >= 0.3 is 0 Å². The monoisotopic (exact) mass is 916 g/mol. The van der Waals surface area contributed by atoms with Crippen molar-refractivity contribution in [2.24, 2.45) is 5.92 Å². The fraction of sp³-hybridized carbons (Fsp3) is 0.542. The number of anilines is 3. The first-order valence-corrected chi connectivity index (χ1v) is 23.2. The molecule has 1 unspecified atom stereocenters. The van der Waals surface area contributed by atoms with Crippen LogP contribution < -0.4 is 20.5 Å². The Morgan fingerprint density at radius 2 is 1.73 bits per heavy atom. The van der Waals surface area contributed by atoms with Gasteiger partial charge in [-0.25, -0.2) is 18.6 Å². The first-order chi connectivity index (χ1) is 31.8. The third-order valence-electron chi connectivity index (χ3n) is 13.9. The van der Waals surface area contributed by atoms with Crippen molar-refractivity contribution in [2.75, 3.05) is 76.3 Å². The molecule has 15 nitrogen and oxygen atoms in total. The number of imide groups is 1. The van der Waals surface area contributed by atoms with Gasteiger partial charge in [-0.2, -0.15) is 5.10 Å². The van der Waals surface area contributed by atoms with Crippen molar-refractivity contribution in [3.8, 4) is 0 Å². The maximum Gasteiger partial charge on any atom is 0.264 e. The van der Waals surface area contributed by atoms with Crippen molar-refractivity contribution in [1.82, 2.24) is 40.6 Å². The normalized spacial score (nSPS) is 18.2. The second kappa shape index (κ2) is 21.7. The zero-order valence-corrected chi connectivity index (χ0v) is 38.5. The van der Waals surface area contributed by atoms with Crippen LogP contribution in [-0.4, -0.2) is 133 Å². The number of aldehydes is 1. The Morgan fingerprint density at radius 1 is 0.970 bits per heavy atom. The minimum absolute atomic E-state index is 0.00359. The molecule has 3 aromatic rings. The van der Waals surface area contributed by atoms with Gasteiger partial charge in [-0.15, -0.1) is 0 Å². The van der Waals surface area contributed by atoms with Gasteiger partial charge < -0.3 is 24.6 Å². The molecule has 1 aliphatic carbocycles. The minimum Gasteiger partial charge on any atom is -0.367 e. The van der Waals surface area contributed by atoms with Gasteiger partial charge in [0.2, 0.25) is 18.2 Å². The number of rotatable bonds is 13. The fourth-order valence-electron chi connectivity index (χ4n) is 9.87. The summed E-state index contributed by atoms with van der Waals surface area (Å²) in [7, 11) is 3.41. The number of hydrogen-bond acceptors (Lipinski definition) is 11. The first-order valence-electron chi connectivity index (χ1n) is 23.2. The van der Waals surface area contributed by atoms with Crippen LogP contribution in [0.25, 0.3) is 5.57 Å². The van der Waals surface area contributed by atoms with Gasteiger partial charge in [0.1, 0.15) is 5.82 Å². The van der Waals surface area contributed by atoms with E-state index in [0.29, 0.717) is 69.6 Å². The predicted molar refractivity (Wildman–Crippen MR) is 246 cm³/mol. The summed E-state index contributed by atoms with van der Waals surface area (Å²) in [5.74, 6) is 0.0961. The lowest BCUT2D eigenvalue weighted by molar-refractivity contribution is -0.130. The van der Waals surface area contributed by atoms with Gasteiger partial charge in [0.25, 0.3) is 12.3 Å². The molecule has 356 valence electrons. The number of aromatic amines is 1. The second-order valence-electron chi connectivity index (χ2n) is 18.2. The molecule has 0 bridgehead atoms. The van der Waals surface area contributed by atoms with Gasteiger partial charge in [0.05, 0.1) is 17.8 Å². The molecule has 66 heavy (non-hydrogen) atoms. The SMILES string of the molecule is CC(=O)N1CCc2[nH]nc(N3CCCc4cc(C5=CN(C)NC5)c(C(F)F)cc43)c2C1.CC(CCC(=O)NC=O)N(C)C(=O)c1cc(F)c(N2CCN(CC3CCCCC3)CC2)cc1C=O. The molecule has 2 fully saturated rings. The molecule has 4 amide bonds. The van der Waals surface area contributed by atoms with Crippen LogP contribution >= 0.6 is 0 Å². The number of carbonyl (C=O) groups is 5. The van der Waals surface area contributed by atoms with Gasteiger partial charge in [0, 0.05) is 127 Å².